The molecular weight excluding hydrogens is 508 g/mol. The molecule has 1 unspecified atom stereocenters. The van der Waals surface area contributed by atoms with Crippen LogP contribution in [-0.4, -0.2) is 52.5 Å². The molecule has 9 nitrogen and oxygen atoms in total. The Balaban J connectivity index is 1.35. The summed E-state index contributed by atoms with van der Waals surface area (Å²) in [6, 6.07) is 13.2. The van der Waals surface area contributed by atoms with Gasteiger partial charge in [-0.2, -0.15) is 0 Å². The molecule has 0 N–H and O–H groups in total. The van der Waals surface area contributed by atoms with Gasteiger partial charge in [-0.1, -0.05) is 6.92 Å². The van der Waals surface area contributed by atoms with Crippen molar-refractivity contribution in [3.05, 3.63) is 60.4 Å². The van der Waals surface area contributed by atoms with Gasteiger partial charge in [0.1, 0.15) is 16.8 Å². The zero-order valence-electron chi connectivity index (χ0n) is 22.9. The molecule has 3 aromatic heterocycles. The molecule has 1 aliphatic heterocycles. The van der Waals surface area contributed by atoms with E-state index in [1.165, 1.54) is 0 Å². The van der Waals surface area contributed by atoms with Gasteiger partial charge in [-0.25, -0.2) is 9.48 Å². The highest BCUT2D eigenvalue weighted by molar-refractivity contribution is 6.02. The molecule has 6 rings (SSSR count). The molecule has 4 heterocycles. The second-order valence-electron chi connectivity index (χ2n) is 10.8. The molecule has 40 heavy (non-hydrogen) atoms. The summed E-state index contributed by atoms with van der Waals surface area (Å²) < 4.78 is 18.7. The van der Waals surface area contributed by atoms with Gasteiger partial charge in [0.15, 0.2) is 11.4 Å². The molecule has 208 valence electrons. The zero-order chi connectivity index (χ0) is 27.6. The minimum absolute atomic E-state index is 0.0204. The van der Waals surface area contributed by atoms with Crippen LogP contribution < -0.4 is 4.90 Å². The largest absolute Gasteiger partial charge is 0.462 e. The second-order valence-corrected chi connectivity index (χ2v) is 10.8. The summed E-state index contributed by atoms with van der Waals surface area (Å²) in [5.74, 6) is 1.12. The number of esters is 1. The van der Waals surface area contributed by atoms with Crippen LogP contribution in [0.2, 0.25) is 0 Å². The molecule has 1 saturated heterocycles. The number of fused-ring (bicyclic) bond motifs is 1. The van der Waals surface area contributed by atoms with Crippen LogP contribution in [0.4, 0.5) is 5.82 Å². The lowest BCUT2D eigenvalue weighted by Crippen LogP contribution is -2.46. The van der Waals surface area contributed by atoms with Crippen molar-refractivity contribution < 1.29 is 23.5 Å². The normalized spacial score (nSPS) is 21.0. The molecule has 0 spiro atoms. The SMILES string of the molecule is CCOC(=O)c1cn(-c2ccc(-c3cc4ncccc4o3)cc2)nc1N(C(=O)[C@H]1CC[C@H](C)CC1)C1CCOC1. The third kappa shape index (κ3) is 5.13. The number of hydrogen-bond donors (Lipinski definition) is 0. The summed E-state index contributed by atoms with van der Waals surface area (Å²) in [6.45, 7) is 5.23. The second kappa shape index (κ2) is 11.3. The first-order valence-electron chi connectivity index (χ1n) is 14.1. The summed E-state index contributed by atoms with van der Waals surface area (Å²) in [5.41, 5.74) is 3.44. The fraction of sp³-hybridized carbons (Fsp3) is 0.419. The fourth-order valence-electron chi connectivity index (χ4n) is 5.70. The molecule has 9 heteroatoms. The topological polar surface area (TPSA) is 99.7 Å². The van der Waals surface area contributed by atoms with Gasteiger partial charge in [0, 0.05) is 36.5 Å². The highest BCUT2D eigenvalue weighted by Gasteiger charge is 2.38. The fourth-order valence-corrected chi connectivity index (χ4v) is 5.70. The Morgan fingerprint density at radius 2 is 1.90 bits per heavy atom. The van der Waals surface area contributed by atoms with E-state index in [9.17, 15) is 9.59 Å². The van der Waals surface area contributed by atoms with Crippen LogP contribution in [-0.2, 0) is 14.3 Å². The number of rotatable bonds is 7. The molecule has 2 fully saturated rings. The number of benzene rings is 1. The zero-order valence-corrected chi connectivity index (χ0v) is 22.9. The maximum Gasteiger partial charge on any atom is 0.343 e. The van der Waals surface area contributed by atoms with Gasteiger partial charge in [-0.15, -0.1) is 5.10 Å². The minimum atomic E-state index is -0.496. The summed E-state index contributed by atoms with van der Waals surface area (Å²) >= 11 is 0. The van der Waals surface area contributed by atoms with Gasteiger partial charge in [-0.3, -0.25) is 14.7 Å². The molecule has 0 bridgehead atoms. The summed E-state index contributed by atoms with van der Waals surface area (Å²) in [4.78, 5) is 33.2. The van der Waals surface area contributed by atoms with Crippen LogP contribution in [0.3, 0.4) is 0 Å². The highest BCUT2D eigenvalue weighted by Crippen LogP contribution is 2.34. The Bertz CT molecular complexity index is 1460. The van der Waals surface area contributed by atoms with Gasteiger partial charge in [0.25, 0.3) is 0 Å². The predicted molar refractivity (Wildman–Crippen MR) is 150 cm³/mol. The van der Waals surface area contributed by atoms with Crippen molar-refractivity contribution >= 4 is 28.8 Å². The van der Waals surface area contributed by atoms with E-state index in [1.54, 1.807) is 28.9 Å². The molecule has 4 aromatic rings. The van der Waals surface area contributed by atoms with E-state index in [4.69, 9.17) is 19.0 Å². The molecule has 1 aliphatic carbocycles. The summed E-state index contributed by atoms with van der Waals surface area (Å²) in [7, 11) is 0. The quantitative estimate of drug-likeness (QED) is 0.272. The van der Waals surface area contributed by atoms with E-state index in [1.807, 2.05) is 42.5 Å². The number of amides is 1. The van der Waals surface area contributed by atoms with Gasteiger partial charge in [-0.05, 0) is 81.3 Å². The predicted octanol–water partition coefficient (Wildman–Crippen LogP) is 5.81. The Morgan fingerprint density at radius 1 is 1.10 bits per heavy atom. The Hall–Kier alpha value is -3.98. The molecule has 1 amide bonds. The third-order valence-corrected chi connectivity index (χ3v) is 8.00. The first kappa shape index (κ1) is 26.3. The number of ether oxygens (including phenoxy) is 2. The molecule has 1 saturated carbocycles. The Labute approximate surface area is 233 Å². The minimum Gasteiger partial charge on any atom is -0.462 e. The number of anilines is 1. The lowest BCUT2D eigenvalue weighted by molar-refractivity contribution is -0.124. The number of nitrogens with zero attached hydrogens (tertiary/aromatic N) is 4. The van der Waals surface area contributed by atoms with Crippen molar-refractivity contribution in [1.82, 2.24) is 14.8 Å². The number of aromatic nitrogens is 3. The van der Waals surface area contributed by atoms with Crippen molar-refractivity contribution in [2.75, 3.05) is 24.7 Å². The number of hydrogen-bond acceptors (Lipinski definition) is 7. The van der Waals surface area contributed by atoms with Crippen LogP contribution >= 0.6 is 0 Å². The van der Waals surface area contributed by atoms with Crippen molar-refractivity contribution in [1.29, 1.82) is 0 Å². The van der Waals surface area contributed by atoms with E-state index in [2.05, 4.69) is 11.9 Å². The summed E-state index contributed by atoms with van der Waals surface area (Å²) in [5, 5.41) is 4.83. The smallest absolute Gasteiger partial charge is 0.343 e. The lowest BCUT2D eigenvalue weighted by Gasteiger charge is -2.33. The molecule has 1 atom stereocenters. The van der Waals surface area contributed by atoms with E-state index < -0.39 is 5.97 Å². The van der Waals surface area contributed by atoms with E-state index in [-0.39, 0.29) is 30.0 Å². The lowest BCUT2D eigenvalue weighted by atomic mass is 9.82. The van der Waals surface area contributed by atoms with Gasteiger partial charge in [0.2, 0.25) is 5.91 Å². The first-order valence-corrected chi connectivity index (χ1v) is 14.1. The van der Waals surface area contributed by atoms with E-state index >= 15 is 0 Å². The van der Waals surface area contributed by atoms with Crippen molar-refractivity contribution in [3.63, 3.8) is 0 Å². The van der Waals surface area contributed by atoms with Crippen LogP contribution in [0.15, 0.2) is 59.3 Å². The van der Waals surface area contributed by atoms with Crippen LogP contribution in [0, 0.1) is 11.8 Å². The molecular formula is C31H34N4O5. The monoisotopic (exact) mass is 542 g/mol. The van der Waals surface area contributed by atoms with Gasteiger partial charge < -0.3 is 13.9 Å². The van der Waals surface area contributed by atoms with Gasteiger partial charge in [0.05, 0.1) is 24.9 Å². The number of carbonyl (C=O) groups excluding carboxylic acids is 2. The van der Waals surface area contributed by atoms with Crippen molar-refractivity contribution in [2.24, 2.45) is 11.8 Å². The maximum atomic E-state index is 14.0. The van der Waals surface area contributed by atoms with Gasteiger partial charge >= 0.3 is 5.97 Å². The third-order valence-electron chi connectivity index (χ3n) is 8.00. The first-order chi connectivity index (χ1) is 19.5. The van der Waals surface area contributed by atoms with Crippen LogP contribution in [0.1, 0.15) is 56.3 Å². The average Bonchev–Trinajstić information content (AvgIpc) is 3.74. The van der Waals surface area contributed by atoms with Crippen molar-refractivity contribution in [2.45, 2.75) is 52.0 Å². The number of carbonyl (C=O) groups is 2. The number of furan rings is 1. The number of pyridine rings is 1. The van der Waals surface area contributed by atoms with E-state index in [0.717, 1.165) is 48.0 Å². The average molecular weight is 543 g/mol. The Kier molecular flexibility index (Phi) is 7.38. The maximum absolute atomic E-state index is 14.0. The molecule has 0 radical (unpaired) electrons. The van der Waals surface area contributed by atoms with Crippen LogP contribution in [0.5, 0.6) is 0 Å². The molecule has 2 aliphatic rings. The van der Waals surface area contributed by atoms with Crippen LogP contribution in [0.25, 0.3) is 28.1 Å². The standard InChI is InChI=1S/C31H34N4O5/c1-3-39-31(37)25-18-34(23-12-10-21(11-13-23)28-17-26-27(40-28)5-4-15-32-26)33-29(25)35(24-14-16-38-19-24)30(36)22-8-6-20(2)7-9-22/h4-5,10-13,15,17-18,20,22,24H,3,6-9,14,16,19H2,1-2H3/t20-,22-,24?. The molecule has 1 aromatic carbocycles. The summed E-state index contributed by atoms with van der Waals surface area (Å²) in [6.07, 6.45) is 7.84. The highest BCUT2D eigenvalue weighted by atomic mass is 16.5. The van der Waals surface area contributed by atoms with Crippen molar-refractivity contribution in [3.8, 4) is 17.0 Å². The van der Waals surface area contributed by atoms with E-state index in [0.29, 0.717) is 37.1 Å². The Morgan fingerprint density at radius 3 is 2.60 bits per heavy atom.